The van der Waals surface area contributed by atoms with Crippen LogP contribution in [0.1, 0.15) is 25.3 Å². The summed E-state index contributed by atoms with van der Waals surface area (Å²) in [6.07, 6.45) is -6.96. The van der Waals surface area contributed by atoms with Gasteiger partial charge in [-0.3, -0.25) is 27.5 Å². The molecule has 0 saturated heterocycles. The van der Waals surface area contributed by atoms with Crippen molar-refractivity contribution in [2.45, 2.75) is 55.8 Å². The summed E-state index contributed by atoms with van der Waals surface area (Å²) in [7, 11) is -7.44. The van der Waals surface area contributed by atoms with Gasteiger partial charge in [-0.25, -0.2) is 33.7 Å². The molecule has 3 aromatic rings. The minimum atomic E-state index is -5.51. The number of methoxy groups -OCH3 is 3. The largest absolute Gasteiger partial charge is 0.472 e. The zero-order chi connectivity index (χ0) is 41.8. The number of fused-ring (bicyclic) bond motifs is 1. The third kappa shape index (κ3) is 12.9. The molecule has 0 aliphatic carbocycles. The number of phosphoric acid groups is 2. The standard InChI is InChI=1S/C28H43N9O17P2/c1-5-6-7-19(38)34-15(10-48-2)27(41)53-21(25(39)37-14-33-20-23(30)31-13-32-24(20)37)16(49-3)12-52-56(46,47)54-22(17(50-4)11-51-55(43,44)45)26(40)36-9-8-18(29)35-28(36)42/h5,8-9,13-17,21-22,25-26,39-40H,1,6-7,10-12H2,2-4H3,(H,34,38)(H,46,47)(H2,29,35,42)(H2,30,31,32)(H2,43,44,45)/t15-,16+,17+,21+,22+,25+,26+/m0/s1. The lowest BCUT2D eigenvalue weighted by Crippen LogP contribution is -2.49. The van der Waals surface area contributed by atoms with E-state index in [9.17, 15) is 48.4 Å². The van der Waals surface area contributed by atoms with Crippen LogP contribution in [-0.2, 0) is 51.2 Å². The molecule has 0 bridgehead atoms. The number of aliphatic hydroxyl groups excluding tert-OH is 2. The number of hydrogen-bond donors (Lipinski definition) is 8. The van der Waals surface area contributed by atoms with Gasteiger partial charge in [0.25, 0.3) is 0 Å². The number of rotatable bonds is 24. The summed E-state index contributed by atoms with van der Waals surface area (Å²) in [5.41, 5.74) is 10.2. The van der Waals surface area contributed by atoms with E-state index in [1.54, 1.807) is 0 Å². The van der Waals surface area contributed by atoms with Crippen LogP contribution in [0.15, 0.2) is 42.4 Å². The lowest BCUT2D eigenvalue weighted by Gasteiger charge is -2.33. The molecule has 8 atom stereocenters. The van der Waals surface area contributed by atoms with Crippen LogP contribution >= 0.6 is 15.6 Å². The summed E-state index contributed by atoms with van der Waals surface area (Å²) in [6.45, 7) is 1.03. The van der Waals surface area contributed by atoms with Crippen molar-refractivity contribution in [2.24, 2.45) is 0 Å². The Morgan fingerprint density at radius 1 is 0.964 bits per heavy atom. The Balaban J connectivity index is 1.98. The Labute approximate surface area is 317 Å². The van der Waals surface area contributed by atoms with Crippen molar-refractivity contribution in [1.29, 1.82) is 0 Å². The molecule has 3 heterocycles. The van der Waals surface area contributed by atoms with Crippen molar-refractivity contribution in [3.63, 3.8) is 0 Å². The summed E-state index contributed by atoms with van der Waals surface area (Å²) in [5.74, 6) is -2.07. The van der Waals surface area contributed by atoms with Crippen molar-refractivity contribution in [1.82, 2.24) is 34.4 Å². The predicted octanol–water partition coefficient (Wildman–Crippen LogP) is -2.12. The Morgan fingerprint density at radius 2 is 1.61 bits per heavy atom. The Morgan fingerprint density at radius 3 is 2.21 bits per heavy atom. The van der Waals surface area contributed by atoms with E-state index in [-0.39, 0.29) is 35.6 Å². The van der Waals surface area contributed by atoms with Gasteiger partial charge in [0.2, 0.25) is 5.91 Å². The minimum Gasteiger partial charge on any atom is -0.453 e. The lowest BCUT2D eigenvalue weighted by molar-refractivity contribution is -0.180. The number of amides is 1. The van der Waals surface area contributed by atoms with E-state index in [1.807, 2.05) is 0 Å². The van der Waals surface area contributed by atoms with Gasteiger partial charge in [-0.2, -0.15) is 4.98 Å². The number of phosphoric ester groups is 2. The molecule has 10 N–H and O–H groups in total. The van der Waals surface area contributed by atoms with E-state index in [0.29, 0.717) is 4.57 Å². The molecule has 0 aliphatic rings. The number of esters is 1. The number of carbonyl (C=O) groups is 2. The van der Waals surface area contributed by atoms with Crippen LogP contribution in [0.3, 0.4) is 0 Å². The van der Waals surface area contributed by atoms with Crippen molar-refractivity contribution >= 4 is 50.3 Å². The van der Waals surface area contributed by atoms with E-state index < -0.39 is 95.9 Å². The molecular weight excluding hydrogens is 796 g/mol. The molecule has 56 heavy (non-hydrogen) atoms. The van der Waals surface area contributed by atoms with Crippen LogP contribution in [0, 0.1) is 0 Å². The second-order valence-electron chi connectivity index (χ2n) is 11.4. The molecular formula is C28H43N9O17P2. The molecule has 0 aromatic carbocycles. The summed E-state index contributed by atoms with van der Waals surface area (Å²) in [6, 6.07) is -0.362. The van der Waals surface area contributed by atoms with Crippen molar-refractivity contribution in [3.8, 4) is 0 Å². The van der Waals surface area contributed by atoms with Gasteiger partial charge in [-0.15, -0.1) is 6.58 Å². The maximum Gasteiger partial charge on any atom is 0.472 e. The fourth-order valence-electron chi connectivity index (χ4n) is 4.82. The van der Waals surface area contributed by atoms with Crippen LogP contribution in [-0.4, -0.2) is 137 Å². The second kappa shape index (κ2) is 20.8. The van der Waals surface area contributed by atoms with Crippen LogP contribution in [0.25, 0.3) is 11.2 Å². The first-order valence-corrected chi connectivity index (χ1v) is 19.0. The molecule has 0 aliphatic heterocycles. The number of carbonyl (C=O) groups excluding carboxylic acids is 2. The molecule has 26 nitrogen and oxygen atoms in total. The highest BCUT2D eigenvalue weighted by Crippen LogP contribution is 2.47. The first-order valence-electron chi connectivity index (χ1n) is 16.0. The summed E-state index contributed by atoms with van der Waals surface area (Å²) in [4.78, 5) is 83.2. The van der Waals surface area contributed by atoms with Gasteiger partial charge in [0, 0.05) is 33.9 Å². The van der Waals surface area contributed by atoms with Crippen LogP contribution in [0.5, 0.6) is 0 Å². The Hall–Kier alpha value is -4.27. The fourth-order valence-corrected chi connectivity index (χ4v) is 6.11. The minimum absolute atomic E-state index is 0.0391. The number of imidazole rings is 1. The van der Waals surface area contributed by atoms with Gasteiger partial charge in [-0.05, 0) is 12.5 Å². The monoisotopic (exact) mass is 839 g/mol. The normalized spacial score (nSPS) is 16.9. The average molecular weight is 840 g/mol. The zero-order valence-electron chi connectivity index (χ0n) is 30.0. The summed E-state index contributed by atoms with van der Waals surface area (Å²) in [5, 5.41) is 25.1. The number of nitrogens with zero attached hydrogens (tertiary/aromatic N) is 6. The lowest BCUT2D eigenvalue weighted by atomic mass is 10.1. The number of hydrogen-bond acceptors (Lipinski definition) is 20. The van der Waals surface area contributed by atoms with Gasteiger partial charge in [0.05, 0.1) is 26.1 Å². The Kier molecular flexibility index (Phi) is 17.1. The third-order valence-corrected chi connectivity index (χ3v) is 9.05. The smallest absolute Gasteiger partial charge is 0.453 e. The fraction of sp³-hybridized carbons (Fsp3) is 0.536. The van der Waals surface area contributed by atoms with Crippen molar-refractivity contribution < 1.29 is 76.1 Å². The second-order valence-corrected chi connectivity index (χ2v) is 14.1. The number of nitrogens with one attached hydrogen (secondary N) is 1. The number of anilines is 2. The highest BCUT2D eigenvalue weighted by atomic mass is 31.2. The molecule has 1 unspecified atom stereocenters. The number of nitrogen functional groups attached to an aromatic ring is 2. The van der Waals surface area contributed by atoms with Crippen molar-refractivity contribution in [3.05, 3.63) is 48.1 Å². The predicted molar refractivity (Wildman–Crippen MR) is 189 cm³/mol. The SMILES string of the molecule is C=CCCC(=O)N[C@@H](COC)C(=O)O[C@@H]([C@@H](O)n1cnc2c(N)ncnc21)[C@@H](COP(=O)(O)O[C@@H]([C@@H](O)n1ccc(N)nc1=O)[C@@H](COP(=O)(O)O)OC)OC. The summed E-state index contributed by atoms with van der Waals surface area (Å²) >= 11 is 0. The molecule has 312 valence electrons. The van der Waals surface area contributed by atoms with Crippen LogP contribution in [0.2, 0.25) is 0 Å². The highest BCUT2D eigenvalue weighted by molar-refractivity contribution is 7.47. The number of nitrogens with two attached hydrogens (primary N) is 2. The summed E-state index contributed by atoms with van der Waals surface area (Å²) < 4.78 is 62.4. The molecule has 0 spiro atoms. The first-order chi connectivity index (χ1) is 26.4. The van der Waals surface area contributed by atoms with Gasteiger partial charge >= 0.3 is 27.3 Å². The van der Waals surface area contributed by atoms with Crippen molar-refractivity contribution in [2.75, 3.05) is 52.6 Å². The zero-order valence-corrected chi connectivity index (χ0v) is 31.8. The molecule has 28 heteroatoms. The Bertz CT molecular complexity index is 1950. The third-order valence-electron chi connectivity index (χ3n) is 7.58. The van der Waals surface area contributed by atoms with Crippen LogP contribution < -0.4 is 22.5 Å². The van der Waals surface area contributed by atoms with E-state index in [4.69, 9.17) is 39.5 Å². The number of ether oxygens (including phenoxy) is 4. The molecule has 0 fully saturated rings. The molecule has 1 amide bonds. The average Bonchev–Trinajstić information content (AvgIpc) is 3.57. The van der Waals surface area contributed by atoms with E-state index >= 15 is 0 Å². The highest BCUT2D eigenvalue weighted by Gasteiger charge is 2.42. The molecule has 0 radical (unpaired) electrons. The number of allylic oxidation sites excluding steroid dienone is 1. The number of aromatic nitrogens is 6. The molecule has 0 saturated carbocycles. The van der Waals surface area contributed by atoms with E-state index in [0.717, 1.165) is 43.7 Å². The van der Waals surface area contributed by atoms with Crippen LogP contribution in [0.4, 0.5) is 11.6 Å². The van der Waals surface area contributed by atoms with E-state index in [2.05, 4.69) is 36.4 Å². The van der Waals surface area contributed by atoms with Gasteiger partial charge in [0.15, 0.2) is 36.1 Å². The van der Waals surface area contributed by atoms with Gasteiger partial charge in [0.1, 0.15) is 36.0 Å². The molecule has 3 aromatic heterocycles. The maximum absolute atomic E-state index is 13.5. The van der Waals surface area contributed by atoms with Gasteiger partial charge in [-0.1, -0.05) is 6.08 Å². The van der Waals surface area contributed by atoms with E-state index in [1.165, 1.54) is 13.2 Å². The maximum atomic E-state index is 13.5. The topological polar surface area (TPSA) is 377 Å². The molecule has 3 rings (SSSR count). The number of aliphatic hydroxyl groups is 2. The quantitative estimate of drug-likeness (QED) is 0.0271. The van der Waals surface area contributed by atoms with Gasteiger partial charge < -0.3 is 60.6 Å². The first kappa shape index (κ1) is 46.1.